The first kappa shape index (κ1) is 29.7. The Morgan fingerprint density at radius 2 is 1.29 bits per heavy atom. The monoisotopic (exact) mass is 553 g/mol. The van der Waals surface area contributed by atoms with Gasteiger partial charge in [-0.3, -0.25) is 14.4 Å². The van der Waals surface area contributed by atoms with Crippen molar-refractivity contribution < 1.29 is 23.5 Å². The molecule has 5 nitrogen and oxygen atoms in total. The Hall–Kier alpha value is -4.32. The fraction of sp³-hybridized carbons (Fsp3) is 0.286. The van der Waals surface area contributed by atoms with Crippen molar-refractivity contribution in [2.24, 2.45) is 0 Å². The number of hydrogen-bond donors (Lipinski definition) is 0. The van der Waals surface area contributed by atoms with E-state index in [2.05, 4.69) is 0 Å². The second-order valence-electron chi connectivity index (χ2n) is 10.2. The molecule has 1 aliphatic rings. The first-order chi connectivity index (χ1) is 20.0. The van der Waals surface area contributed by atoms with E-state index in [1.54, 1.807) is 6.08 Å². The molecule has 3 aromatic rings. The highest BCUT2D eigenvalue weighted by Crippen LogP contribution is 2.21. The zero-order valence-electron chi connectivity index (χ0n) is 23.3. The molecular formula is C35H36FNO4. The van der Waals surface area contributed by atoms with Gasteiger partial charge in [-0.1, -0.05) is 68.9 Å². The van der Waals surface area contributed by atoms with Gasteiger partial charge in [0.1, 0.15) is 11.6 Å². The van der Waals surface area contributed by atoms with Gasteiger partial charge in [-0.25, -0.2) is 9.29 Å². The van der Waals surface area contributed by atoms with E-state index in [1.165, 1.54) is 85.1 Å². The molecule has 0 spiro atoms. The van der Waals surface area contributed by atoms with Crippen LogP contribution in [0, 0.1) is 5.82 Å². The van der Waals surface area contributed by atoms with Crippen LogP contribution in [0.3, 0.4) is 0 Å². The van der Waals surface area contributed by atoms with Gasteiger partial charge >= 0.3 is 0 Å². The van der Waals surface area contributed by atoms with Crippen molar-refractivity contribution in [3.8, 4) is 5.75 Å². The van der Waals surface area contributed by atoms with Crippen LogP contribution >= 0.6 is 0 Å². The molecule has 3 aromatic carbocycles. The third-order valence-electron chi connectivity index (χ3n) is 7.07. The van der Waals surface area contributed by atoms with Crippen LogP contribution in [0.15, 0.2) is 91.0 Å². The fourth-order valence-electron chi connectivity index (χ4n) is 4.71. The molecule has 0 aliphatic carbocycles. The highest BCUT2D eigenvalue weighted by molar-refractivity contribution is 6.28. The lowest BCUT2D eigenvalue weighted by Gasteiger charge is -2.14. The number of hydrogen-bond acceptors (Lipinski definition) is 4. The predicted octanol–water partition coefficient (Wildman–Crippen LogP) is 7.89. The number of carbonyl (C=O) groups excluding carboxylic acids is 3. The van der Waals surface area contributed by atoms with Crippen molar-refractivity contribution in [2.45, 2.75) is 57.8 Å². The summed E-state index contributed by atoms with van der Waals surface area (Å²) in [5, 5.41) is 0. The average Bonchev–Trinajstić information content (AvgIpc) is 3.33. The van der Waals surface area contributed by atoms with Gasteiger partial charge < -0.3 is 4.74 Å². The van der Waals surface area contributed by atoms with Gasteiger partial charge in [-0.2, -0.15) is 0 Å². The van der Waals surface area contributed by atoms with Gasteiger partial charge in [0.05, 0.1) is 12.3 Å². The number of imide groups is 1. The molecule has 0 atom stereocenters. The van der Waals surface area contributed by atoms with E-state index in [0.717, 1.165) is 37.0 Å². The molecule has 0 saturated carbocycles. The highest BCUT2D eigenvalue weighted by atomic mass is 19.1. The summed E-state index contributed by atoms with van der Waals surface area (Å²) in [4.78, 5) is 36.9. The maximum absolute atomic E-state index is 13.0. The van der Waals surface area contributed by atoms with Crippen LogP contribution in [0.2, 0.25) is 0 Å². The summed E-state index contributed by atoms with van der Waals surface area (Å²) in [5.74, 6) is -0.278. The van der Waals surface area contributed by atoms with Gasteiger partial charge in [0.2, 0.25) is 0 Å². The van der Waals surface area contributed by atoms with Crippen LogP contribution in [0.1, 0.15) is 72.9 Å². The first-order valence-corrected chi connectivity index (χ1v) is 14.4. The van der Waals surface area contributed by atoms with Crippen molar-refractivity contribution >= 4 is 29.4 Å². The Morgan fingerprint density at radius 1 is 0.707 bits per heavy atom. The van der Waals surface area contributed by atoms with E-state index >= 15 is 0 Å². The van der Waals surface area contributed by atoms with E-state index in [9.17, 15) is 18.8 Å². The summed E-state index contributed by atoms with van der Waals surface area (Å²) < 4.78 is 18.9. The van der Waals surface area contributed by atoms with Crippen molar-refractivity contribution in [3.05, 3.63) is 114 Å². The summed E-state index contributed by atoms with van der Waals surface area (Å²) in [6, 6.07) is 20.9. The zero-order chi connectivity index (χ0) is 28.9. The number of halogens is 1. The van der Waals surface area contributed by atoms with E-state index in [1.807, 2.05) is 48.5 Å². The summed E-state index contributed by atoms with van der Waals surface area (Å²) in [6.45, 7) is 0.688. The zero-order valence-corrected chi connectivity index (χ0v) is 23.3. The number of allylic oxidation sites excluding steroid dienone is 1. The number of aryl methyl sites for hydroxylation is 1. The molecule has 0 N–H and O–H groups in total. The fourth-order valence-corrected chi connectivity index (χ4v) is 4.71. The number of anilines is 1. The average molecular weight is 554 g/mol. The van der Waals surface area contributed by atoms with Gasteiger partial charge in [-0.05, 0) is 85.0 Å². The normalized spacial score (nSPS) is 13.0. The molecule has 1 aliphatic heterocycles. The minimum atomic E-state index is -0.359. The van der Waals surface area contributed by atoms with Gasteiger partial charge in [-0.15, -0.1) is 0 Å². The molecule has 0 radical (unpaired) electrons. The van der Waals surface area contributed by atoms with Crippen molar-refractivity contribution in [2.75, 3.05) is 11.5 Å². The Morgan fingerprint density at radius 3 is 1.93 bits per heavy atom. The van der Waals surface area contributed by atoms with Crippen LogP contribution in [0.5, 0.6) is 5.75 Å². The van der Waals surface area contributed by atoms with Crippen molar-refractivity contribution in [3.63, 3.8) is 0 Å². The number of ketones is 1. The maximum atomic E-state index is 13.0. The van der Waals surface area contributed by atoms with E-state index in [0.29, 0.717) is 17.9 Å². The number of rotatable bonds is 16. The molecule has 41 heavy (non-hydrogen) atoms. The predicted molar refractivity (Wildman–Crippen MR) is 160 cm³/mol. The van der Waals surface area contributed by atoms with Gasteiger partial charge in [0.25, 0.3) is 11.8 Å². The van der Waals surface area contributed by atoms with Crippen LogP contribution < -0.4 is 9.64 Å². The molecule has 6 heteroatoms. The molecule has 0 saturated heterocycles. The lowest BCUT2D eigenvalue weighted by atomic mass is 10.0. The van der Waals surface area contributed by atoms with E-state index in [4.69, 9.17) is 4.74 Å². The Labute approximate surface area is 241 Å². The lowest BCUT2D eigenvalue weighted by molar-refractivity contribution is -0.119. The Balaban J connectivity index is 1.00. The number of ether oxygens (including phenoxy) is 1. The summed E-state index contributed by atoms with van der Waals surface area (Å²) in [5.41, 5.74) is 3.21. The van der Waals surface area contributed by atoms with E-state index in [-0.39, 0.29) is 23.4 Å². The van der Waals surface area contributed by atoms with Crippen LogP contribution in [0.4, 0.5) is 10.1 Å². The van der Waals surface area contributed by atoms with Crippen LogP contribution in [-0.4, -0.2) is 24.2 Å². The number of benzene rings is 3. The number of amides is 2. The van der Waals surface area contributed by atoms with Crippen LogP contribution in [0.25, 0.3) is 6.08 Å². The molecular weight excluding hydrogens is 517 g/mol. The third-order valence-corrected chi connectivity index (χ3v) is 7.07. The van der Waals surface area contributed by atoms with Crippen LogP contribution in [-0.2, 0) is 16.0 Å². The minimum Gasteiger partial charge on any atom is -0.494 e. The summed E-state index contributed by atoms with van der Waals surface area (Å²) >= 11 is 0. The highest BCUT2D eigenvalue weighted by Gasteiger charge is 2.24. The smallest absolute Gasteiger partial charge is 0.258 e. The quantitative estimate of drug-likeness (QED) is 0.0783. The van der Waals surface area contributed by atoms with Crippen molar-refractivity contribution in [1.82, 2.24) is 0 Å². The molecule has 0 bridgehead atoms. The molecule has 4 rings (SSSR count). The maximum Gasteiger partial charge on any atom is 0.258 e. The number of unbranched alkanes of at least 4 members (excludes halogenated alkanes) is 7. The minimum absolute atomic E-state index is 0.164. The second-order valence-corrected chi connectivity index (χ2v) is 10.2. The summed E-state index contributed by atoms with van der Waals surface area (Å²) in [7, 11) is 0. The van der Waals surface area contributed by atoms with Gasteiger partial charge in [0, 0.05) is 17.7 Å². The van der Waals surface area contributed by atoms with Crippen molar-refractivity contribution in [1.29, 1.82) is 0 Å². The molecule has 0 aromatic heterocycles. The SMILES string of the molecule is O=C(/C=C/c1ccc(OCCCCCCCCCCc2ccc(N3C(=O)C=CC3=O)cc2)cc1)c1ccc(F)cc1. The second kappa shape index (κ2) is 15.5. The Bertz CT molecular complexity index is 1340. The molecule has 0 unspecified atom stereocenters. The topological polar surface area (TPSA) is 63.7 Å². The Kier molecular flexibility index (Phi) is 11.2. The summed E-state index contributed by atoms with van der Waals surface area (Å²) in [6.07, 6.45) is 16.3. The molecule has 212 valence electrons. The standard InChI is InChI=1S/C35H36FNO4/c36-30-17-15-29(16-18-30)33(38)23-14-28-12-21-32(22-13-28)41-26-8-6-4-2-1-3-5-7-9-27-10-19-31(20-11-27)37-34(39)24-25-35(37)40/h10-25H,1-9,26H2/b23-14+. The first-order valence-electron chi connectivity index (χ1n) is 14.4. The van der Waals surface area contributed by atoms with Gasteiger partial charge in [0.15, 0.2) is 5.78 Å². The lowest BCUT2D eigenvalue weighted by Crippen LogP contribution is -2.29. The third kappa shape index (κ3) is 9.38. The molecule has 2 amide bonds. The molecule has 0 fully saturated rings. The largest absolute Gasteiger partial charge is 0.494 e. The number of carbonyl (C=O) groups is 3. The molecule has 1 heterocycles. The van der Waals surface area contributed by atoms with E-state index < -0.39 is 0 Å². The number of nitrogens with zero attached hydrogens (tertiary/aromatic N) is 1.